The molecule has 160 valence electrons. The highest BCUT2D eigenvalue weighted by Crippen LogP contribution is 2.21. The van der Waals surface area contributed by atoms with Gasteiger partial charge in [0.15, 0.2) is 0 Å². The Bertz CT molecular complexity index is 1100. The molecule has 3 aromatic rings. The first-order valence-electron chi connectivity index (χ1n) is 9.94. The number of rotatable bonds is 7. The molecule has 0 aliphatic carbocycles. The number of carbonyl (C=O) groups excluding carboxylic acids is 1. The number of anilines is 3. The van der Waals surface area contributed by atoms with E-state index in [4.69, 9.17) is 0 Å². The molecule has 31 heavy (non-hydrogen) atoms. The van der Waals surface area contributed by atoms with Crippen LogP contribution in [-0.2, 0) is 4.79 Å². The minimum atomic E-state index is -0.560. The number of hydrogen-bond donors (Lipinski definition) is 3. The zero-order valence-corrected chi connectivity index (χ0v) is 18.0. The molecule has 0 aliphatic rings. The van der Waals surface area contributed by atoms with Gasteiger partial charge in [0, 0.05) is 25.2 Å². The molecule has 0 spiro atoms. The number of amides is 1. The van der Waals surface area contributed by atoms with Crippen molar-refractivity contribution in [1.82, 2.24) is 29.7 Å². The van der Waals surface area contributed by atoms with Gasteiger partial charge in [0.05, 0.1) is 0 Å². The third-order valence-electron chi connectivity index (χ3n) is 4.66. The highest BCUT2D eigenvalue weighted by molar-refractivity contribution is 5.88. The van der Waals surface area contributed by atoms with Crippen LogP contribution in [0.5, 0.6) is 0 Å². The van der Waals surface area contributed by atoms with Crippen molar-refractivity contribution >= 4 is 23.5 Å². The lowest BCUT2D eigenvalue weighted by atomic mass is 9.93. The Morgan fingerprint density at radius 1 is 1.16 bits per heavy atom. The average molecular weight is 419 g/mol. The minimum absolute atomic E-state index is 0.124. The number of nitrogens with zero attached hydrogens (tertiary/aromatic N) is 6. The van der Waals surface area contributed by atoms with Gasteiger partial charge in [-0.3, -0.25) is 4.79 Å². The normalized spacial score (nSPS) is 10.7. The van der Waals surface area contributed by atoms with Gasteiger partial charge in [-0.15, -0.1) is 0 Å². The summed E-state index contributed by atoms with van der Waals surface area (Å²) in [5.74, 6) is 7.56. The topological polar surface area (TPSA) is 123 Å². The molecular weight excluding hydrogens is 394 g/mol. The van der Waals surface area contributed by atoms with Crippen molar-refractivity contribution in [3.63, 3.8) is 0 Å². The van der Waals surface area contributed by atoms with E-state index in [0.29, 0.717) is 23.5 Å². The van der Waals surface area contributed by atoms with Crippen LogP contribution >= 0.6 is 0 Å². The number of aromatic nitrogens is 6. The lowest BCUT2D eigenvalue weighted by Gasteiger charge is -2.27. The fourth-order valence-electron chi connectivity index (χ4n) is 2.87. The van der Waals surface area contributed by atoms with Crippen LogP contribution in [0.25, 0.3) is 5.95 Å². The van der Waals surface area contributed by atoms with Crippen molar-refractivity contribution in [1.29, 1.82) is 0 Å². The van der Waals surface area contributed by atoms with Crippen LogP contribution in [0, 0.1) is 11.8 Å². The first-order chi connectivity index (χ1) is 15.0. The van der Waals surface area contributed by atoms with Gasteiger partial charge >= 0.3 is 0 Å². The van der Waals surface area contributed by atoms with Crippen molar-refractivity contribution in [2.24, 2.45) is 0 Å². The number of hydrogen-bond acceptors (Lipinski definition) is 8. The van der Waals surface area contributed by atoms with Gasteiger partial charge < -0.3 is 16.0 Å². The maximum atomic E-state index is 11.3. The second kappa shape index (κ2) is 9.67. The van der Waals surface area contributed by atoms with Crippen LogP contribution < -0.4 is 16.0 Å². The van der Waals surface area contributed by atoms with E-state index in [0.717, 1.165) is 18.4 Å². The van der Waals surface area contributed by atoms with E-state index in [1.165, 1.54) is 24.3 Å². The largest absolute Gasteiger partial charge is 0.357 e. The molecule has 3 rings (SSSR count). The van der Waals surface area contributed by atoms with Crippen molar-refractivity contribution in [3.05, 3.63) is 42.5 Å². The zero-order valence-electron chi connectivity index (χ0n) is 18.0. The van der Waals surface area contributed by atoms with Gasteiger partial charge in [-0.2, -0.15) is 24.7 Å². The molecule has 0 bridgehead atoms. The lowest BCUT2D eigenvalue weighted by Crippen LogP contribution is -2.36. The van der Waals surface area contributed by atoms with Gasteiger partial charge in [-0.25, -0.2) is 4.98 Å². The molecule has 0 radical (unpaired) electrons. The highest BCUT2D eigenvalue weighted by Gasteiger charge is 2.25. The van der Waals surface area contributed by atoms with Crippen molar-refractivity contribution in [2.45, 2.75) is 39.2 Å². The van der Waals surface area contributed by atoms with Crippen molar-refractivity contribution in [3.8, 4) is 17.8 Å². The molecule has 1 aromatic carbocycles. The van der Waals surface area contributed by atoms with Crippen molar-refractivity contribution < 1.29 is 4.79 Å². The molecule has 1 amide bonds. The summed E-state index contributed by atoms with van der Waals surface area (Å²) in [6, 6.07) is 7.43. The second-order valence-corrected chi connectivity index (χ2v) is 6.80. The SMILES string of the molecule is CCC(C#Cc1cccc(NC(C)=O)c1)(CC)Nc1nc(NC)nc(-n2cncn2)n1. The number of benzene rings is 1. The Hall–Kier alpha value is -4.00. The number of carbonyl (C=O) groups is 1. The summed E-state index contributed by atoms with van der Waals surface area (Å²) in [6.45, 7) is 5.58. The Balaban J connectivity index is 1.92. The van der Waals surface area contributed by atoms with E-state index >= 15 is 0 Å². The van der Waals surface area contributed by atoms with E-state index < -0.39 is 5.54 Å². The Morgan fingerprint density at radius 3 is 2.58 bits per heavy atom. The van der Waals surface area contributed by atoms with Gasteiger partial charge in [-0.1, -0.05) is 31.8 Å². The summed E-state index contributed by atoms with van der Waals surface area (Å²) in [5.41, 5.74) is 0.948. The van der Waals surface area contributed by atoms with Crippen LogP contribution in [0.1, 0.15) is 39.2 Å². The first kappa shape index (κ1) is 21.7. The monoisotopic (exact) mass is 419 g/mol. The van der Waals surface area contributed by atoms with E-state index in [1.54, 1.807) is 7.05 Å². The predicted octanol–water partition coefficient (Wildman–Crippen LogP) is 2.47. The molecule has 10 nitrogen and oxygen atoms in total. The van der Waals surface area contributed by atoms with Crippen LogP contribution in [0.4, 0.5) is 17.6 Å². The summed E-state index contributed by atoms with van der Waals surface area (Å²) in [4.78, 5) is 28.5. The van der Waals surface area contributed by atoms with E-state index in [-0.39, 0.29) is 5.91 Å². The molecule has 2 heterocycles. The summed E-state index contributed by atoms with van der Waals surface area (Å²) in [5, 5.41) is 13.2. The highest BCUT2D eigenvalue weighted by atomic mass is 16.1. The standard InChI is InChI=1S/C21H25N9O/c1-5-21(6-2,11-10-16-8-7-9-17(12-16)25-15(3)31)29-19-26-18(22-4)27-20(28-19)30-14-23-13-24-30/h7-9,12-14H,5-6H2,1-4H3,(H,25,31)(H2,22,26,27,28,29). The predicted molar refractivity (Wildman–Crippen MR) is 119 cm³/mol. The molecule has 10 heteroatoms. The third kappa shape index (κ3) is 5.54. The summed E-state index contributed by atoms with van der Waals surface area (Å²) >= 11 is 0. The quantitative estimate of drug-likeness (QED) is 0.499. The lowest BCUT2D eigenvalue weighted by molar-refractivity contribution is -0.114. The van der Waals surface area contributed by atoms with E-state index in [9.17, 15) is 4.79 Å². The second-order valence-electron chi connectivity index (χ2n) is 6.80. The Morgan fingerprint density at radius 2 is 1.94 bits per heavy atom. The Labute approximate surface area is 180 Å². The Kier molecular flexibility index (Phi) is 6.77. The van der Waals surface area contributed by atoms with Crippen LogP contribution in [0.2, 0.25) is 0 Å². The fraction of sp³-hybridized carbons (Fsp3) is 0.333. The van der Waals surface area contributed by atoms with Crippen LogP contribution in [0.15, 0.2) is 36.9 Å². The van der Waals surface area contributed by atoms with Gasteiger partial charge in [0.25, 0.3) is 5.95 Å². The van der Waals surface area contributed by atoms with Crippen LogP contribution in [-0.4, -0.2) is 48.2 Å². The fourth-order valence-corrected chi connectivity index (χ4v) is 2.87. The average Bonchev–Trinajstić information content (AvgIpc) is 3.31. The smallest absolute Gasteiger partial charge is 0.258 e. The molecule has 0 atom stereocenters. The molecule has 0 aliphatic heterocycles. The molecule has 0 unspecified atom stereocenters. The molecule has 3 N–H and O–H groups in total. The maximum Gasteiger partial charge on any atom is 0.258 e. The molecule has 0 saturated carbocycles. The van der Waals surface area contributed by atoms with Crippen LogP contribution in [0.3, 0.4) is 0 Å². The molecule has 0 saturated heterocycles. The first-order valence-corrected chi connectivity index (χ1v) is 9.94. The summed E-state index contributed by atoms with van der Waals surface area (Å²) < 4.78 is 1.46. The summed E-state index contributed by atoms with van der Waals surface area (Å²) in [7, 11) is 1.74. The summed E-state index contributed by atoms with van der Waals surface area (Å²) in [6.07, 6.45) is 4.38. The van der Waals surface area contributed by atoms with Gasteiger partial charge in [-0.05, 0) is 31.0 Å². The molecule has 2 aromatic heterocycles. The molecular formula is C21H25N9O. The third-order valence-corrected chi connectivity index (χ3v) is 4.66. The van der Waals surface area contributed by atoms with Gasteiger partial charge in [0.2, 0.25) is 17.8 Å². The van der Waals surface area contributed by atoms with Gasteiger partial charge in [0.1, 0.15) is 18.2 Å². The van der Waals surface area contributed by atoms with E-state index in [2.05, 4.69) is 66.7 Å². The maximum absolute atomic E-state index is 11.3. The van der Waals surface area contributed by atoms with E-state index in [1.807, 2.05) is 24.3 Å². The minimum Gasteiger partial charge on any atom is -0.357 e. The number of nitrogens with one attached hydrogen (secondary N) is 3. The van der Waals surface area contributed by atoms with Crippen molar-refractivity contribution in [2.75, 3.05) is 23.0 Å². The molecule has 0 fully saturated rings. The zero-order chi connectivity index (χ0) is 22.3.